The van der Waals surface area contributed by atoms with Gasteiger partial charge in [-0.25, -0.2) is 17.5 Å². The highest BCUT2D eigenvalue weighted by atomic mass is 32.2. The first-order valence-electron chi connectivity index (χ1n) is 8.69. The summed E-state index contributed by atoms with van der Waals surface area (Å²) in [6.45, 7) is 1.67. The van der Waals surface area contributed by atoms with Gasteiger partial charge in [0.25, 0.3) is 0 Å². The Hall–Kier alpha value is -1.55. The van der Waals surface area contributed by atoms with Crippen LogP contribution in [0.25, 0.3) is 0 Å². The molecule has 0 bridgehead atoms. The Labute approximate surface area is 152 Å². The maximum atomic E-state index is 14.1. The van der Waals surface area contributed by atoms with Gasteiger partial charge in [-0.05, 0) is 57.0 Å². The number of hydrogen-bond donors (Lipinski definition) is 3. The zero-order valence-electron chi connectivity index (χ0n) is 14.7. The summed E-state index contributed by atoms with van der Waals surface area (Å²) < 4.78 is 46.4. The van der Waals surface area contributed by atoms with Crippen molar-refractivity contribution in [3.05, 3.63) is 24.0 Å². The van der Waals surface area contributed by atoms with Crippen molar-refractivity contribution < 1.29 is 22.3 Å². The van der Waals surface area contributed by atoms with E-state index in [0.29, 0.717) is 25.9 Å². The number of halogens is 1. The third kappa shape index (κ3) is 4.22. The highest BCUT2D eigenvalue weighted by Gasteiger charge is 2.40. The molecule has 0 radical (unpaired) electrons. The zero-order valence-corrected chi connectivity index (χ0v) is 15.5. The Morgan fingerprint density at radius 2 is 2.04 bits per heavy atom. The summed E-state index contributed by atoms with van der Waals surface area (Å²) in [5.74, 6) is -1.09. The average Bonchev–Trinajstić information content (AvgIpc) is 3.41. The number of sulfonamides is 1. The Bertz CT molecular complexity index is 769. The molecule has 0 spiro atoms. The fraction of sp³-hybridized carbons (Fsp3) is 0.588. The van der Waals surface area contributed by atoms with Gasteiger partial charge < -0.3 is 15.4 Å². The molecule has 1 aliphatic carbocycles. The number of ether oxygens (including phenoxy) is 1. The number of hydrogen-bond acceptors (Lipinski definition) is 5. The smallest absolute Gasteiger partial charge is 0.243 e. The van der Waals surface area contributed by atoms with Crippen LogP contribution in [0, 0.1) is 11.2 Å². The minimum atomic E-state index is -3.95. The van der Waals surface area contributed by atoms with Crippen LogP contribution in [0.15, 0.2) is 23.1 Å². The Kier molecular flexibility index (Phi) is 5.61. The molecule has 2 fully saturated rings. The minimum absolute atomic E-state index is 0.127. The second-order valence-electron chi connectivity index (χ2n) is 6.96. The van der Waals surface area contributed by atoms with E-state index >= 15 is 0 Å². The van der Waals surface area contributed by atoms with Gasteiger partial charge in [0.15, 0.2) is 0 Å². The first kappa shape index (κ1) is 19.2. The van der Waals surface area contributed by atoms with Gasteiger partial charge in [0.2, 0.25) is 15.9 Å². The molecule has 1 saturated carbocycles. The van der Waals surface area contributed by atoms with Crippen LogP contribution >= 0.6 is 0 Å². The molecule has 0 aromatic heterocycles. The van der Waals surface area contributed by atoms with E-state index in [9.17, 15) is 17.6 Å². The van der Waals surface area contributed by atoms with Crippen molar-refractivity contribution in [3.8, 4) is 0 Å². The molecule has 2 aliphatic rings. The van der Waals surface area contributed by atoms with Crippen LogP contribution < -0.4 is 15.4 Å². The summed E-state index contributed by atoms with van der Waals surface area (Å²) >= 11 is 0. The van der Waals surface area contributed by atoms with Crippen LogP contribution in [0.4, 0.5) is 10.1 Å². The molecule has 1 aromatic rings. The standard InChI is InChI=1S/C17H24FN3O4S/c1-25-11-17(6-8-19-9-7-17)16(22)20-13-4-5-14(18)15(10-13)26(23,24)21-12-2-3-12/h4-5,10,12,19,21H,2-3,6-9,11H2,1H3,(H,20,22). The van der Waals surface area contributed by atoms with Crippen LogP contribution in [-0.4, -0.2) is 47.2 Å². The van der Waals surface area contributed by atoms with E-state index in [-0.39, 0.29) is 24.2 Å². The summed E-state index contributed by atoms with van der Waals surface area (Å²) in [5.41, 5.74) is -0.429. The zero-order chi connectivity index (χ0) is 18.8. The number of carbonyl (C=O) groups is 1. The van der Waals surface area contributed by atoms with E-state index in [1.165, 1.54) is 12.1 Å². The second-order valence-corrected chi connectivity index (χ2v) is 8.64. The summed E-state index contributed by atoms with van der Waals surface area (Å²) in [6.07, 6.45) is 2.74. The molecule has 0 unspecified atom stereocenters. The minimum Gasteiger partial charge on any atom is -0.384 e. The third-order valence-electron chi connectivity index (χ3n) is 4.84. The fourth-order valence-corrected chi connectivity index (χ4v) is 4.56. The molecule has 1 amide bonds. The summed E-state index contributed by atoms with van der Waals surface area (Å²) in [6, 6.07) is 3.46. The molecule has 1 aliphatic heterocycles. The van der Waals surface area contributed by atoms with Gasteiger partial charge in [0, 0.05) is 18.8 Å². The normalized spacial score (nSPS) is 19.9. The second kappa shape index (κ2) is 7.59. The average molecular weight is 385 g/mol. The molecule has 3 N–H and O–H groups in total. The largest absolute Gasteiger partial charge is 0.384 e. The molecule has 1 saturated heterocycles. The fourth-order valence-electron chi connectivity index (χ4n) is 3.15. The van der Waals surface area contributed by atoms with Crippen molar-refractivity contribution in [2.24, 2.45) is 5.41 Å². The van der Waals surface area contributed by atoms with Gasteiger partial charge >= 0.3 is 0 Å². The number of methoxy groups -OCH3 is 1. The maximum absolute atomic E-state index is 14.1. The van der Waals surface area contributed by atoms with Gasteiger partial charge in [0.05, 0.1) is 12.0 Å². The number of amides is 1. The SMILES string of the molecule is COCC1(C(=O)Nc2ccc(F)c(S(=O)(=O)NC3CC3)c2)CCNCC1. The maximum Gasteiger partial charge on any atom is 0.243 e. The lowest BCUT2D eigenvalue weighted by molar-refractivity contribution is -0.130. The molecule has 7 nitrogen and oxygen atoms in total. The predicted molar refractivity (Wildman–Crippen MR) is 94.8 cm³/mol. The molecule has 9 heteroatoms. The van der Waals surface area contributed by atoms with Gasteiger partial charge in [-0.2, -0.15) is 0 Å². The first-order valence-corrected chi connectivity index (χ1v) is 10.2. The number of benzene rings is 1. The Balaban J connectivity index is 1.81. The van der Waals surface area contributed by atoms with E-state index in [1.807, 2.05) is 0 Å². The van der Waals surface area contributed by atoms with Crippen LogP contribution in [0.5, 0.6) is 0 Å². The predicted octanol–water partition coefficient (Wildman–Crippen LogP) is 1.22. The van der Waals surface area contributed by atoms with E-state index in [0.717, 1.165) is 18.9 Å². The Morgan fingerprint density at radius 1 is 1.35 bits per heavy atom. The lowest BCUT2D eigenvalue weighted by atomic mass is 9.78. The van der Waals surface area contributed by atoms with Gasteiger partial charge in [-0.15, -0.1) is 0 Å². The summed E-state index contributed by atoms with van der Waals surface area (Å²) in [7, 11) is -2.40. The number of rotatable bonds is 7. The van der Waals surface area contributed by atoms with Crippen LogP contribution in [0.3, 0.4) is 0 Å². The third-order valence-corrected chi connectivity index (χ3v) is 6.38. The highest BCUT2D eigenvalue weighted by Crippen LogP contribution is 2.31. The van der Waals surface area contributed by atoms with E-state index < -0.39 is 26.2 Å². The molecular weight excluding hydrogens is 361 g/mol. The molecule has 3 rings (SSSR count). The number of anilines is 1. The topological polar surface area (TPSA) is 96.5 Å². The van der Waals surface area contributed by atoms with Crippen molar-refractivity contribution in [1.29, 1.82) is 0 Å². The quantitative estimate of drug-likeness (QED) is 0.656. The number of carbonyl (C=O) groups excluding carboxylic acids is 1. The molecular formula is C17H24FN3O4S. The van der Waals surface area contributed by atoms with Gasteiger partial charge in [-0.1, -0.05) is 0 Å². The lowest BCUT2D eigenvalue weighted by Crippen LogP contribution is -2.47. The van der Waals surface area contributed by atoms with Crippen molar-refractivity contribution in [3.63, 3.8) is 0 Å². The van der Waals surface area contributed by atoms with Crippen molar-refractivity contribution in [2.45, 2.75) is 36.6 Å². The molecule has 1 heterocycles. The summed E-state index contributed by atoms with van der Waals surface area (Å²) in [4.78, 5) is 12.4. The first-order chi connectivity index (χ1) is 12.4. The van der Waals surface area contributed by atoms with E-state index in [1.54, 1.807) is 7.11 Å². The molecule has 26 heavy (non-hydrogen) atoms. The van der Waals surface area contributed by atoms with Gasteiger partial charge in [-0.3, -0.25) is 4.79 Å². The van der Waals surface area contributed by atoms with Crippen molar-refractivity contribution in [1.82, 2.24) is 10.0 Å². The number of nitrogens with one attached hydrogen (secondary N) is 3. The van der Waals surface area contributed by atoms with Crippen LogP contribution in [-0.2, 0) is 19.6 Å². The summed E-state index contributed by atoms with van der Waals surface area (Å²) in [5, 5.41) is 5.94. The highest BCUT2D eigenvalue weighted by molar-refractivity contribution is 7.89. The van der Waals surface area contributed by atoms with E-state index in [4.69, 9.17) is 4.74 Å². The molecule has 1 aromatic carbocycles. The number of piperidine rings is 1. The lowest BCUT2D eigenvalue weighted by Gasteiger charge is -2.35. The van der Waals surface area contributed by atoms with Crippen molar-refractivity contribution in [2.75, 3.05) is 32.1 Å². The monoisotopic (exact) mass is 385 g/mol. The van der Waals surface area contributed by atoms with Crippen LogP contribution in [0.2, 0.25) is 0 Å². The molecule has 144 valence electrons. The van der Waals surface area contributed by atoms with Crippen LogP contribution in [0.1, 0.15) is 25.7 Å². The Morgan fingerprint density at radius 3 is 2.65 bits per heavy atom. The molecule has 0 atom stereocenters. The van der Waals surface area contributed by atoms with E-state index in [2.05, 4.69) is 15.4 Å². The van der Waals surface area contributed by atoms with Gasteiger partial charge in [0.1, 0.15) is 10.7 Å². The van der Waals surface area contributed by atoms with Crippen molar-refractivity contribution >= 4 is 21.6 Å².